The maximum atomic E-state index is 11.0. The first-order valence-electron chi connectivity index (χ1n) is 5.30. The quantitative estimate of drug-likeness (QED) is 0.597. The molecule has 0 fully saturated rings. The lowest BCUT2D eigenvalue weighted by molar-refractivity contribution is -0.154. The maximum Gasteiger partial charge on any atom is 0.308 e. The molecule has 0 unspecified atom stereocenters. The van der Waals surface area contributed by atoms with Gasteiger partial charge in [-0.2, -0.15) is 0 Å². The monoisotopic (exact) mass is 236 g/mol. The average Bonchev–Trinajstić information content (AvgIpc) is 2.15. The van der Waals surface area contributed by atoms with Crippen molar-refractivity contribution in [3.05, 3.63) is 29.8 Å². The first-order valence-corrected chi connectivity index (χ1v) is 5.30. The normalized spacial score (nSPS) is 10.8. The Kier molecular flexibility index (Phi) is 3.89. The van der Waals surface area contributed by atoms with Crippen molar-refractivity contribution in [1.29, 1.82) is 0 Å². The zero-order valence-corrected chi connectivity index (χ0v) is 10.4. The highest BCUT2D eigenvalue weighted by Crippen LogP contribution is 2.26. The summed E-state index contributed by atoms with van der Waals surface area (Å²) in [6, 6.07) is 6.87. The van der Waals surface area contributed by atoms with E-state index in [4.69, 9.17) is 9.47 Å². The smallest absolute Gasteiger partial charge is 0.308 e. The second-order valence-electron chi connectivity index (χ2n) is 4.22. The van der Waals surface area contributed by atoms with Crippen LogP contribution in [0.15, 0.2) is 24.3 Å². The van der Waals surface area contributed by atoms with Gasteiger partial charge in [0.05, 0.1) is 0 Å². The SMILES string of the molecule is CC(=O)Oc1ccc(C(C)(C)OC(C)=O)cc1. The van der Waals surface area contributed by atoms with Gasteiger partial charge in [-0.15, -0.1) is 0 Å². The van der Waals surface area contributed by atoms with Gasteiger partial charge in [-0.3, -0.25) is 9.59 Å². The molecule has 0 spiro atoms. The fraction of sp³-hybridized carbons (Fsp3) is 0.385. The van der Waals surface area contributed by atoms with E-state index < -0.39 is 5.60 Å². The molecule has 0 aromatic heterocycles. The third-order valence-electron chi connectivity index (χ3n) is 2.21. The fourth-order valence-electron chi connectivity index (χ4n) is 1.51. The highest BCUT2D eigenvalue weighted by Gasteiger charge is 2.23. The summed E-state index contributed by atoms with van der Waals surface area (Å²) < 4.78 is 10.1. The lowest BCUT2D eigenvalue weighted by Gasteiger charge is -2.25. The maximum absolute atomic E-state index is 11.0. The number of ether oxygens (including phenoxy) is 2. The van der Waals surface area contributed by atoms with Gasteiger partial charge in [-0.1, -0.05) is 12.1 Å². The molecule has 0 radical (unpaired) electrons. The second kappa shape index (κ2) is 4.99. The summed E-state index contributed by atoms with van der Waals surface area (Å²) in [5, 5.41) is 0. The van der Waals surface area contributed by atoms with Crippen LogP contribution >= 0.6 is 0 Å². The first-order chi connectivity index (χ1) is 7.81. The van der Waals surface area contributed by atoms with Crippen LogP contribution in [-0.4, -0.2) is 11.9 Å². The molecule has 0 saturated heterocycles. The van der Waals surface area contributed by atoms with Gasteiger partial charge in [0.25, 0.3) is 0 Å². The van der Waals surface area contributed by atoms with E-state index in [2.05, 4.69) is 0 Å². The molecule has 17 heavy (non-hydrogen) atoms. The van der Waals surface area contributed by atoms with E-state index in [9.17, 15) is 9.59 Å². The summed E-state index contributed by atoms with van der Waals surface area (Å²) >= 11 is 0. The van der Waals surface area contributed by atoms with Gasteiger partial charge in [0, 0.05) is 13.8 Å². The third kappa shape index (κ3) is 3.90. The Balaban J connectivity index is 2.86. The van der Waals surface area contributed by atoms with Crippen molar-refractivity contribution in [3.8, 4) is 5.75 Å². The standard InChI is InChI=1S/C13H16O4/c1-9(14)16-12-7-5-11(6-8-12)13(3,4)17-10(2)15/h5-8H,1-4H3. The van der Waals surface area contributed by atoms with Crippen LogP contribution in [0.2, 0.25) is 0 Å². The van der Waals surface area contributed by atoms with Crippen molar-refractivity contribution in [2.45, 2.75) is 33.3 Å². The molecule has 0 aliphatic rings. The minimum Gasteiger partial charge on any atom is -0.455 e. The lowest BCUT2D eigenvalue weighted by atomic mass is 9.98. The van der Waals surface area contributed by atoms with E-state index in [0.717, 1.165) is 5.56 Å². The molecule has 4 heteroatoms. The van der Waals surface area contributed by atoms with E-state index in [1.54, 1.807) is 38.1 Å². The molecule has 0 saturated carbocycles. The van der Waals surface area contributed by atoms with E-state index >= 15 is 0 Å². The average molecular weight is 236 g/mol. The highest BCUT2D eigenvalue weighted by molar-refractivity contribution is 5.69. The first kappa shape index (κ1) is 13.2. The Morgan fingerprint density at radius 2 is 1.53 bits per heavy atom. The van der Waals surface area contributed by atoms with Crippen molar-refractivity contribution in [2.75, 3.05) is 0 Å². The van der Waals surface area contributed by atoms with Crippen LogP contribution in [0.1, 0.15) is 33.3 Å². The van der Waals surface area contributed by atoms with Crippen molar-refractivity contribution in [2.24, 2.45) is 0 Å². The van der Waals surface area contributed by atoms with Gasteiger partial charge >= 0.3 is 11.9 Å². The molecule has 0 N–H and O–H groups in total. The van der Waals surface area contributed by atoms with Gasteiger partial charge < -0.3 is 9.47 Å². The molecule has 0 amide bonds. The molecule has 1 rings (SSSR count). The van der Waals surface area contributed by atoms with Crippen LogP contribution < -0.4 is 4.74 Å². The topological polar surface area (TPSA) is 52.6 Å². The van der Waals surface area contributed by atoms with E-state index in [1.807, 2.05) is 0 Å². The molecule has 1 aromatic rings. The number of carbonyl (C=O) groups excluding carboxylic acids is 2. The molecular formula is C13H16O4. The molecule has 4 nitrogen and oxygen atoms in total. The number of hydrogen-bond acceptors (Lipinski definition) is 4. The zero-order valence-electron chi connectivity index (χ0n) is 10.4. The minimum atomic E-state index is -0.694. The Morgan fingerprint density at radius 3 is 1.94 bits per heavy atom. The largest absolute Gasteiger partial charge is 0.455 e. The van der Waals surface area contributed by atoms with E-state index in [1.165, 1.54) is 13.8 Å². The minimum absolute atomic E-state index is 0.334. The Bertz CT molecular complexity index is 418. The van der Waals surface area contributed by atoms with Crippen LogP contribution in [0.5, 0.6) is 5.75 Å². The van der Waals surface area contributed by atoms with Crippen molar-refractivity contribution in [3.63, 3.8) is 0 Å². The summed E-state index contributed by atoms with van der Waals surface area (Å²) in [7, 11) is 0. The molecule has 0 bridgehead atoms. The third-order valence-corrected chi connectivity index (χ3v) is 2.21. The number of carbonyl (C=O) groups is 2. The van der Waals surface area contributed by atoms with Crippen LogP contribution in [0.25, 0.3) is 0 Å². The predicted molar refractivity (Wildman–Crippen MR) is 62.5 cm³/mol. The molecule has 1 aromatic carbocycles. The van der Waals surface area contributed by atoms with Crippen LogP contribution in [-0.2, 0) is 19.9 Å². The molecule has 0 heterocycles. The molecular weight excluding hydrogens is 220 g/mol. The van der Waals surface area contributed by atoms with Crippen molar-refractivity contribution >= 4 is 11.9 Å². The van der Waals surface area contributed by atoms with Crippen LogP contribution in [0.3, 0.4) is 0 Å². The molecule has 92 valence electrons. The summed E-state index contributed by atoms with van der Waals surface area (Å²) in [4.78, 5) is 21.7. The second-order valence-corrected chi connectivity index (χ2v) is 4.22. The Morgan fingerprint density at radius 1 is 1.00 bits per heavy atom. The number of esters is 2. The number of benzene rings is 1. The van der Waals surface area contributed by atoms with Crippen molar-refractivity contribution in [1.82, 2.24) is 0 Å². The van der Waals surface area contributed by atoms with Gasteiger partial charge in [-0.25, -0.2) is 0 Å². The number of rotatable bonds is 3. The van der Waals surface area contributed by atoms with Gasteiger partial charge in [0.1, 0.15) is 11.4 Å². The predicted octanol–water partition coefficient (Wildman–Crippen LogP) is 2.41. The van der Waals surface area contributed by atoms with E-state index in [0.29, 0.717) is 5.75 Å². The fourth-order valence-corrected chi connectivity index (χ4v) is 1.51. The van der Waals surface area contributed by atoms with Crippen LogP contribution in [0, 0.1) is 0 Å². The van der Waals surface area contributed by atoms with Gasteiger partial charge in [-0.05, 0) is 31.5 Å². The van der Waals surface area contributed by atoms with Crippen molar-refractivity contribution < 1.29 is 19.1 Å². The summed E-state index contributed by atoms with van der Waals surface area (Å²) in [5.41, 5.74) is 0.143. The summed E-state index contributed by atoms with van der Waals surface area (Å²) in [5.74, 6) is -0.226. The summed E-state index contributed by atoms with van der Waals surface area (Å²) in [6.07, 6.45) is 0. The van der Waals surface area contributed by atoms with Crippen LogP contribution in [0.4, 0.5) is 0 Å². The van der Waals surface area contributed by atoms with Gasteiger partial charge in [0.15, 0.2) is 0 Å². The molecule has 0 aliphatic carbocycles. The number of hydrogen-bond donors (Lipinski definition) is 0. The Hall–Kier alpha value is -1.84. The Labute approximate surface area is 101 Å². The molecule has 0 atom stereocenters. The van der Waals surface area contributed by atoms with Gasteiger partial charge in [0.2, 0.25) is 0 Å². The summed E-state index contributed by atoms with van der Waals surface area (Å²) in [6.45, 7) is 6.32. The zero-order chi connectivity index (χ0) is 13.1. The highest BCUT2D eigenvalue weighted by atomic mass is 16.6. The molecule has 0 aliphatic heterocycles. The lowest BCUT2D eigenvalue weighted by Crippen LogP contribution is -2.24. The van der Waals surface area contributed by atoms with E-state index in [-0.39, 0.29) is 11.9 Å².